The van der Waals surface area contributed by atoms with Gasteiger partial charge in [-0.25, -0.2) is 0 Å². The van der Waals surface area contributed by atoms with E-state index in [1.54, 1.807) is 0 Å². The van der Waals surface area contributed by atoms with Crippen LogP contribution in [0.5, 0.6) is 0 Å². The van der Waals surface area contributed by atoms with E-state index in [1.165, 1.54) is 64.7 Å². The highest BCUT2D eigenvalue weighted by molar-refractivity contribution is 7.25. The normalized spacial score (nSPS) is 20.3. The Morgan fingerprint density at radius 2 is 1.06 bits per heavy atom. The van der Waals surface area contributed by atoms with E-state index >= 15 is 0 Å². The summed E-state index contributed by atoms with van der Waals surface area (Å²) in [6.07, 6.45) is -0.966. The molecule has 0 aliphatic heterocycles. The smallest absolute Gasteiger partial charge is 0.0476 e. The van der Waals surface area contributed by atoms with Crippen LogP contribution in [0.1, 0.15) is 79.3 Å². The van der Waals surface area contributed by atoms with Gasteiger partial charge in [0, 0.05) is 45.4 Å². The average Bonchev–Trinajstić information content (AvgIpc) is 3.61. The maximum Gasteiger partial charge on any atom is 0.0476 e. The molecule has 0 bridgehead atoms. The average molecular weight is 656 g/mol. The van der Waals surface area contributed by atoms with Gasteiger partial charge in [0.05, 0.1) is 0 Å². The molecule has 242 valence electrons. The molecule has 1 aromatic heterocycles. The molecule has 0 N–H and O–H groups in total. The van der Waals surface area contributed by atoms with E-state index in [4.69, 9.17) is 2.74 Å². The van der Waals surface area contributed by atoms with Crippen molar-refractivity contribution in [2.24, 2.45) is 0 Å². The van der Waals surface area contributed by atoms with Crippen LogP contribution >= 0.6 is 11.3 Å². The Kier molecular flexibility index (Phi) is 6.14. The number of hydrogen-bond donors (Lipinski definition) is 0. The zero-order chi connectivity index (χ0) is 35.4. The molecule has 0 saturated carbocycles. The van der Waals surface area contributed by atoms with Crippen molar-refractivity contribution in [3.63, 3.8) is 0 Å². The molecule has 2 aliphatic carbocycles. The van der Waals surface area contributed by atoms with E-state index in [2.05, 4.69) is 174 Å². The third-order valence-corrected chi connectivity index (χ3v) is 12.3. The van der Waals surface area contributed by atoms with Crippen molar-refractivity contribution in [3.05, 3.63) is 150 Å². The van der Waals surface area contributed by atoms with E-state index in [1.807, 2.05) is 11.3 Å². The van der Waals surface area contributed by atoms with Crippen LogP contribution in [0.4, 0.5) is 17.1 Å². The number of fused-ring (bicyclic) bond motifs is 7. The van der Waals surface area contributed by atoms with Gasteiger partial charge in [0.15, 0.2) is 0 Å². The summed E-state index contributed by atoms with van der Waals surface area (Å²) in [7, 11) is 0. The molecule has 1 heterocycles. The zero-order valence-corrected chi connectivity index (χ0v) is 30.0. The van der Waals surface area contributed by atoms with Crippen molar-refractivity contribution in [2.75, 3.05) is 4.90 Å². The summed E-state index contributed by atoms with van der Waals surface area (Å²) in [6.45, 7) is 13.3. The number of thiophene rings is 1. The molecule has 2 heteroatoms. The van der Waals surface area contributed by atoms with Gasteiger partial charge in [-0.15, -0.1) is 11.3 Å². The maximum atomic E-state index is 9.02. The van der Waals surface area contributed by atoms with Crippen molar-refractivity contribution in [1.29, 1.82) is 0 Å². The van der Waals surface area contributed by atoms with Gasteiger partial charge in [0.25, 0.3) is 0 Å². The van der Waals surface area contributed by atoms with Crippen LogP contribution in [-0.2, 0) is 16.2 Å². The van der Waals surface area contributed by atoms with Crippen molar-refractivity contribution < 1.29 is 2.74 Å². The first-order valence-electron chi connectivity index (χ1n) is 18.6. The van der Waals surface area contributed by atoms with Crippen LogP contribution in [0.15, 0.2) is 127 Å². The topological polar surface area (TPSA) is 3.24 Å². The lowest BCUT2D eigenvalue weighted by atomic mass is 9.63. The van der Waals surface area contributed by atoms with Crippen LogP contribution in [0.2, 0.25) is 0 Å². The van der Waals surface area contributed by atoms with E-state index in [0.717, 1.165) is 17.1 Å². The second-order valence-corrected chi connectivity index (χ2v) is 16.7. The monoisotopic (exact) mass is 655 g/mol. The molecule has 0 saturated heterocycles. The molecule has 49 heavy (non-hydrogen) atoms. The van der Waals surface area contributed by atoms with Gasteiger partial charge in [0.2, 0.25) is 0 Å². The minimum Gasteiger partial charge on any atom is -0.310 e. The highest BCUT2D eigenvalue weighted by Gasteiger charge is 2.38. The van der Waals surface area contributed by atoms with Crippen LogP contribution in [-0.4, -0.2) is 0 Å². The fourth-order valence-corrected chi connectivity index (χ4v) is 9.48. The third kappa shape index (κ3) is 4.71. The lowest BCUT2D eigenvalue weighted by molar-refractivity contribution is 0.332. The van der Waals surface area contributed by atoms with Crippen LogP contribution in [0, 0.1) is 0 Å². The van der Waals surface area contributed by atoms with Crippen LogP contribution in [0.25, 0.3) is 42.4 Å². The second kappa shape index (κ2) is 10.7. The van der Waals surface area contributed by atoms with Crippen LogP contribution < -0.4 is 4.90 Å². The van der Waals surface area contributed by atoms with E-state index in [0.29, 0.717) is 0 Å². The summed E-state index contributed by atoms with van der Waals surface area (Å²) in [5, 5.41) is 2.49. The van der Waals surface area contributed by atoms with Crippen molar-refractivity contribution >= 4 is 48.6 Å². The first kappa shape index (κ1) is 28.2. The summed E-state index contributed by atoms with van der Waals surface area (Å²) < 4.78 is 20.5. The maximum absolute atomic E-state index is 9.02. The molecule has 9 rings (SSSR count). The Labute approximate surface area is 297 Å². The number of benzene rings is 6. The molecule has 7 aromatic rings. The number of hydrogen-bond acceptors (Lipinski definition) is 2. The largest absolute Gasteiger partial charge is 0.310 e. The van der Waals surface area contributed by atoms with E-state index in [9.17, 15) is 0 Å². The molecular weight excluding hydrogens is 611 g/mol. The van der Waals surface area contributed by atoms with Gasteiger partial charge >= 0.3 is 0 Å². The first-order valence-corrected chi connectivity index (χ1v) is 18.2. The molecule has 0 radical (unpaired) electrons. The fourth-order valence-electron chi connectivity index (χ4n) is 8.32. The fraction of sp³-hybridized carbons (Fsp3) is 0.234. The minimum atomic E-state index is -0.485. The van der Waals surface area contributed by atoms with Gasteiger partial charge in [-0.1, -0.05) is 120 Å². The lowest BCUT2D eigenvalue weighted by Gasteiger charge is -2.41. The summed E-state index contributed by atoms with van der Waals surface area (Å²) in [5.74, 6) is 0. The number of anilines is 3. The molecule has 0 spiro atoms. The molecule has 6 aromatic carbocycles. The van der Waals surface area contributed by atoms with Crippen molar-refractivity contribution in [1.82, 2.24) is 0 Å². The second-order valence-electron chi connectivity index (χ2n) is 15.6. The summed E-state index contributed by atoms with van der Waals surface area (Å²) in [6, 6.07) is 47.0. The molecule has 0 fully saturated rings. The standard InChI is InChI=1S/C47H43NS/c1-45(2)24-25-46(3,4)42-29-44-38(28-41(42)45)37-23-21-34(27-43(37)49-44)48(32-18-16-31(17-19-32)30-12-8-7-9-13-30)33-20-22-36-35-14-10-11-15-39(35)47(5,6)40(36)26-33/h7-23,26-29H,24-25H2,1-6H3/i24D,25D. The quantitative estimate of drug-likeness (QED) is 0.182. The first-order chi connectivity index (χ1) is 24.4. The Morgan fingerprint density at radius 3 is 1.82 bits per heavy atom. The molecule has 1 nitrogen and oxygen atoms in total. The Hall–Kier alpha value is -4.66. The lowest BCUT2D eigenvalue weighted by Crippen LogP contribution is -2.33. The van der Waals surface area contributed by atoms with Crippen LogP contribution in [0.3, 0.4) is 0 Å². The van der Waals surface area contributed by atoms with Crippen molar-refractivity contribution in [2.45, 2.75) is 70.6 Å². The summed E-state index contributed by atoms with van der Waals surface area (Å²) in [5.41, 5.74) is 12.7. The van der Waals surface area contributed by atoms with E-state index < -0.39 is 23.6 Å². The highest BCUT2D eigenvalue weighted by Crippen LogP contribution is 2.52. The summed E-state index contributed by atoms with van der Waals surface area (Å²) in [4.78, 5) is 2.41. The molecule has 2 atom stereocenters. The predicted molar refractivity (Wildman–Crippen MR) is 212 cm³/mol. The van der Waals surface area contributed by atoms with Gasteiger partial charge in [-0.2, -0.15) is 0 Å². The summed E-state index contributed by atoms with van der Waals surface area (Å²) >= 11 is 1.84. The molecule has 2 unspecified atom stereocenters. The van der Waals surface area contributed by atoms with Gasteiger partial charge in [-0.05, 0) is 117 Å². The van der Waals surface area contributed by atoms with Gasteiger partial charge in [0.1, 0.15) is 0 Å². The molecule has 2 aliphatic rings. The Balaban J connectivity index is 1.21. The third-order valence-electron chi connectivity index (χ3n) is 11.2. The Morgan fingerprint density at radius 1 is 0.490 bits per heavy atom. The highest BCUT2D eigenvalue weighted by atomic mass is 32.1. The minimum absolute atomic E-state index is 0.100. The predicted octanol–water partition coefficient (Wildman–Crippen LogP) is 13.8. The number of rotatable bonds is 4. The molecular formula is C47H43NS. The van der Waals surface area contributed by atoms with Gasteiger partial charge < -0.3 is 4.90 Å². The number of nitrogens with zero attached hydrogens (tertiary/aromatic N) is 1. The zero-order valence-electron chi connectivity index (χ0n) is 31.1. The van der Waals surface area contributed by atoms with E-state index in [-0.39, 0.29) is 5.41 Å². The molecule has 0 amide bonds. The van der Waals surface area contributed by atoms with Gasteiger partial charge in [-0.3, -0.25) is 0 Å². The SMILES string of the molecule is [2H]C1C([2H])C(C)(C)c2cc3c(cc2C1(C)C)sc1cc(N(c2ccc(-c4ccccc4)cc2)c2ccc4c(c2)C(C)(C)c2ccccc2-4)ccc13. The Bertz CT molecular complexity index is 2490. The van der Waals surface area contributed by atoms with Crippen molar-refractivity contribution in [3.8, 4) is 22.3 Å².